The van der Waals surface area contributed by atoms with E-state index in [1.807, 2.05) is 58.0 Å². The highest BCUT2D eigenvalue weighted by atomic mass is 19.4. The van der Waals surface area contributed by atoms with Crippen LogP contribution in [0.4, 0.5) is 18.9 Å². The number of carbonyl (C=O) groups is 4. The first-order valence-electron chi connectivity index (χ1n) is 41.5. The molecule has 0 saturated carbocycles. The third-order valence-corrected chi connectivity index (χ3v) is 28.8. The van der Waals surface area contributed by atoms with E-state index in [9.17, 15) is 48.6 Å². The van der Waals surface area contributed by atoms with E-state index in [1.165, 1.54) is 47.3 Å². The molecule has 620 valence electrons. The molecular formula is C103H83F3N4O14. The third-order valence-electron chi connectivity index (χ3n) is 28.8. The second-order valence-electron chi connectivity index (χ2n) is 38.2. The van der Waals surface area contributed by atoms with Crippen LogP contribution >= 0.6 is 0 Å². The van der Waals surface area contributed by atoms with E-state index >= 15 is 13.2 Å². The molecule has 21 heteroatoms. The Hall–Kier alpha value is -13.7. The molecule has 12 aromatic carbocycles. The summed E-state index contributed by atoms with van der Waals surface area (Å²) in [5, 5.41) is 27.6. The summed E-state index contributed by atoms with van der Waals surface area (Å²) < 4.78 is 74.3. The summed E-state index contributed by atoms with van der Waals surface area (Å²) in [7, 11) is 2.72. The molecule has 4 aliphatic carbocycles. The number of fused-ring (bicyclic) bond motifs is 18. The highest BCUT2D eigenvalue weighted by molar-refractivity contribution is 6.35. The number of anilines is 1. The molecule has 0 bridgehead atoms. The van der Waals surface area contributed by atoms with E-state index in [-0.39, 0.29) is 94.1 Å². The molecule has 4 amide bonds. The highest BCUT2D eigenvalue weighted by Gasteiger charge is 2.60. The molecule has 2 N–H and O–H groups in total. The van der Waals surface area contributed by atoms with E-state index < -0.39 is 62.6 Å². The van der Waals surface area contributed by atoms with Crippen molar-refractivity contribution in [3.63, 3.8) is 0 Å². The van der Waals surface area contributed by atoms with Gasteiger partial charge in [0.2, 0.25) is 0 Å². The van der Waals surface area contributed by atoms with Gasteiger partial charge in [-0.2, -0.15) is 13.2 Å². The van der Waals surface area contributed by atoms with Gasteiger partial charge in [0.1, 0.15) is 16.9 Å². The van der Waals surface area contributed by atoms with E-state index in [1.54, 1.807) is 36.4 Å². The minimum Gasteiger partial charge on any atom is -0.508 e. The van der Waals surface area contributed by atoms with Gasteiger partial charge in [-0.1, -0.05) is 128 Å². The Morgan fingerprint density at radius 3 is 1.17 bits per heavy atom. The molecule has 3 atom stereocenters. The Labute approximate surface area is 706 Å². The fourth-order valence-corrected chi connectivity index (χ4v) is 22.7. The maximum absolute atomic E-state index is 15.1. The number of phenolic OH excluding ortho intramolecular Hbond substituents is 2. The van der Waals surface area contributed by atoms with Crippen LogP contribution in [0.1, 0.15) is 207 Å². The predicted molar refractivity (Wildman–Crippen MR) is 471 cm³/mol. The number of imide groups is 2. The molecule has 16 aromatic rings. The van der Waals surface area contributed by atoms with Crippen molar-refractivity contribution in [1.29, 1.82) is 0 Å². The van der Waals surface area contributed by atoms with Crippen molar-refractivity contribution < 1.29 is 60.2 Å². The van der Waals surface area contributed by atoms with Crippen molar-refractivity contribution in [2.45, 2.75) is 160 Å². The van der Waals surface area contributed by atoms with Gasteiger partial charge in [0.05, 0.1) is 55.2 Å². The predicted octanol–water partition coefficient (Wildman–Crippen LogP) is 21.0. The Kier molecular flexibility index (Phi) is 15.7. The highest BCUT2D eigenvalue weighted by Crippen LogP contribution is 2.67. The first-order chi connectivity index (χ1) is 58.5. The molecule has 6 heterocycles. The number of aryl methyl sites for hydroxylation is 4. The molecule has 4 aromatic heterocycles. The molecule has 0 radical (unpaired) electrons. The van der Waals surface area contributed by atoms with Crippen LogP contribution in [0, 0.1) is 27.7 Å². The molecule has 2 unspecified atom stereocenters. The van der Waals surface area contributed by atoms with E-state index in [4.69, 9.17) is 17.7 Å². The molecule has 22 rings (SSSR count). The van der Waals surface area contributed by atoms with Crippen LogP contribution in [-0.2, 0) is 45.0 Å². The number of hydrogen-bond donors (Lipinski definition) is 2. The fraction of sp³-hybridized carbons (Fsp3) is 0.262. The zero-order valence-electron chi connectivity index (χ0n) is 70.7. The first kappa shape index (κ1) is 77.6. The van der Waals surface area contributed by atoms with Gasteiger partial charge >= 0.3 is 6.18 Å². The van der Waals surface area contributed by atoms with Crippen LogP contribution in [-0.4, -0.2) is 61.1 Å². The summed E-state index contributed by atoms with van der Waals surface area (Å²) in [4.78, 5) is 110. The van der Waals surface area contributed by atoms with Crippen LogP contribution in [0.5, 0.6) is 11.5 Å². The smallest absolute Gasteiger partial charge is 0.402 e. The Bertz CT molecular complexity index is 8030. The molecular weight excluding hydrogens is 1570 g/mol. The average Bonchev–Trinajstić information content (AvgIpc) is 1.52. The molecule has 2 spiro atoms. The lowest BCUT2D eigenvalue weighted by atomic mass is 9.72. The van der Waals surface area contributed by atoms with Gasteiger partial charge in [0.25, 0.3) is 45.9 Å². The summed E-state index contributed by atoms with van der Waals surface area (Å²) in [6, 6.07) is 49.5. The number of alkyl halides is 3. The summed E-state index contributed by atoms with van der Waals surface area (Å²) in [5.41, 5.74) is 10.6. The number of benzene rings is 12. The number of halogens is 3. The Balaban J connectivity index is 0.000000159. The van der Waals surface area contributed by atoms with Crippen molar-refractivity contribution >= 4 is 117 Å². The van der Waals surface area contributed by atoms with Gasteiger partial charge in [-0.05, 0) is 284 Å². The molecule has 6 aliphatic rings. The van der Waals surface area contributed by atoms with Crippen LogP contribution < -0.4 is 27.1 Å². The number of aromatic nitrogens is 2. The van der Waals surface area contributed by atoms with Gasteiger partial charge in [-0.3, -0.25) is 47.8 Å². The summed E-state index contributed by atoms with van der Waals surface area (Å²) in [6.45, 7) is 26.5. The largest absolute Gasteiger partial charge is 0.508 e. The normalized spacial score (nSPS) is 19.2. The Morgan fingerprint density at radius 2 is 0.702 bits per heavy atom. The van der Waals surface area contributed by atoms with Crippen molar-refractivity contribution in [2.75, 3.05) is 11.9 Å². The maximum atomic E-state index is 15.1. The summed E-state index contributed by atoms with van der Waals surface area (Å²) >= 11 is 0. The van der Waals surface area contributed by atoms with Crippen molar-refractivity contribution in [2.24, 2.45) is 7.05 Å². The molecule has 2 aliphatic heterocycles. The number of rotatable bonds is 5. The fourth-order valence-electron chi connectivity index (χ4n) is 22.7. The van der Waals surface area contributed by atoms with Crippen molar-refractivity contribution in [3.05, 3.63) is 311 Å². The van der Waals surface area contributed by atoms with E-state index in [0.717, 1.165) is 141 Å². The molecule has 18 nitrogen and oxygen atoms in total. The third kappa shape index (κ3) is 10.3. The zero-order valence-corrected chi connectivity index (χ0v) is 70.7. The molecule has 0 saturated heterocycles. The van der Waals surface area contributed by atoms with Crippen LogP contribution in [0.15, 0.2) is 207 Å². The van der Waals surface area contributed by atoms with Crippen LogP contribution in [0.25, 0.3) is 105 Å². The van der Waals surface area contributed by atoms with Gasteiger partial charge in [-0.25, -0.2) is 9.47 Å². The SMILES string of the molecule is Cc1cc(-c2cc(C)c(-n3c(=O)c4cc5oc6cc7c(cc6oc5cc4c3=O)C3(CC(C)(C)c4cc5oc6cc8c(=O)n(C)c(=O)c8cc6oc5cc43)CC7(C)C)c3ccccc23)c2ccccc2c1C.Cc1cc2c(cc1O)C1(CC2(C)C)CC(C)(C)c2cc(N3C(=O)c4ccc([C@](C)(c5ccc6c(c5)C(=O)N(C)C6=O)C(F)(F)F)cc4C3=O)c(O)cc21. The number of aromatic hydroxyl groups is 2. The second-order valence-corrected chi connectivity index (χ2v) is 38.2. The number of amides is 4. The minimum absolute atomic E-state index is 0.00603. The molecule has 124 heavy (non-hydrogen) atoms. The van der Waals surface area contributed by atoms with Crippen LogP contribution in [0.2, 0.25) is 0 Å². The topological polar surface area (TPSA) is 246 Å². The summed E-state index contributed by atoms with van der Waals surface area (Å²) in [5.74, 6) is -3.18. The van der Waals surface area contributed by atoms with Crippen LogP contribution in [0.3, 0.4) is 0 Å². The number of carbonyl (C=O) groups excluding carboxylic acids is 4. The van der Waals surface area contributed by atoms with E-state index in [0.29, 0.717) is 68.6 Å². The number of phenols is 2. The lowest BCUT2D eigenvalue weighted by Gasteiger charge is -2.33. The standard InChI is InChI=1S/C61H46N2O8.C42H37F3N2O6/c1-29-17-36(33-14-10-9-13-32(33)31(29)3)37-18-30(2)54(35-16-12-11-15-34(35)37)63-57(66)40-21-48-49(22-41(40)58(63)67)71-53-26-45-43(24-51(53)69-48)60(6,7)28-61(45)27-59(4,5)42-23-50-52(25-44(42)61)70-47-20-39-38(19-46(47)68-50)55(64)62(8)56(39)65;1-20-12-27-29(16-32(20)48)41(18-38(27,2)3)19-39(4,5)28-15-31(33(49)17-30(28)41)47-36(52)24-11-9-22(14-26(24)37(47)53)40(6,42(43,44)45)21-8-10-23-25(13-21)35(51)46(7)34(23)50/h9-26H,27-28H2,1-8H3;8-17,48-49H,18-19H2,1-7H3/t;40-,41?/m.0/s1. The van der Waals surface area contributed by atoms with Crippen molar-refractivity contribution in [3.8, 4) is 28.3 Å². The van der Waals surface area contributed by atoms with Gasteiger partial charge in [0, 0.05) is 30.3 Å². The van der Waals surface area contributed by atoms with Crippen molar-refractivity contribution in [1.82, 2.24) is 14.0 Å². The van der Waals surface area contributed by atoms with E-state index in [2.05, 4.69) is 122 Å². The van der Waals surface area contributed by atoms with Gasteiger partial charge in [0.15, 0.2) is 44.7 Å². The lowest BCUT2D eigenvalue weighted by molar-refractivity contribution is -0.173. The average molecular weight is 1660 g/mol. The minimum atomic E-state index is -4.93. The zero-order chi connectivity index (χ0) is 87.5. The van der Waals surface area contributed by atoms with Gasteiger partial charge < -0.3 is 27.9 Å². The lowest BCUT2D eigenvalue weighted by Crippen LogP contribution is -2.41. The monoisotopic (exact) mass is 1660 g/mol. The number of nitrogens with zero attached hydrogens (tertiary/aromatic N) is 4. The first-order valence-corrected chi connectivity index (χ1v) is 41.5. The molecule has 0 fully saturated rings. The maximum Gasteiger partial charge on any atom is 0.402 e. The van der Waals surface area contributed by atoms with Gasteiger partial charge in [-0.15, -0.1) is 0 Å². The Morgan fingerprint density at radius 1 is 0.347 bits per heavy atom. The number of hydrogen-bond acceptors (Lipinski definition) is 14. The second kappa shape index (κ2) is 25.0. The quantitative estimate of drug-likeness (QED) is 0.120. The summed E-state index contributed by atoms with van der Waals surface area (Å²) in [6.07, 6.45) is -1.99.